The molecule has 5 heterocycles. The molecule has 3 aromatic rings. The second-order valence-electron chi connectivity index (χ2n) is 10.4. The SMILES string of the molecule is CCCc1ccc(OC(=O)N2CCCCC2)c2cc3c(nc12)-c1cc2c(c(=O)n1C3)COC(=O)C2(O)CC. The van der Waals surface area contributed by atoms with Crippen molar-refractivity contribution in [2.75, 3.05) is 13.1 Å². The van der Waals surface area contributed by atoms with E-state index in [0.717, 1.165) is 54.1 Å². The first-order valence-corrected chi connectivity index (χ1v) is 13.4. The molecule has 1 saturated heterocycles. The Bertz CT molecular complexity index is 1540. The minimum Gasteiger partial charge on any atom is -0.458 e. The van der Waals surface area contributed by atoms with E-state index in [1.165, 1.54) is 0 Å². The van der Waals surface area contributed by atoms with Gasteiger partial charge in [0, 0.05) is 29.6 Å². The van der Waals surface area contributed by atoms with E-state index in [0.29, 0.717) is 35.8 Å². The van der Waals surface area contributed by atoms with E-state index >= 15 is 0 Å². The van der Waals surface area contributed by atoms with Crippen molar-refractivity contribution < 1.29 is 24.2 Å². The number of rotatable bonds is 4. The van der Waals surface area contributed by atoms with E-state index in [4.69, 9.17) is 14.5 Å². The number of aliphatic hydroxyl groups is 1. The Kier molecular flexibility index (Phi) is 5.98. The molecule has 198 valence electrons. The highest BCUT2D eigenvalue weighted by atomic mass is 16.6. The van der Waals surface area contributed by atoms with Crippen molar-refractivity contribution >= 4 is 23.0 Å². The molecule has 0 bridgehead atoms. The molecule has 2 aromatic heterocycles. The number of esters is 1. The topological polar surface area (TPSA) is 111 Å². The third-order valence-electron chi connectivity index (χ3n) is 8.05. The molecule has 0 aliphatic carbocycles. The molecule has 1 atom stereocenters. The van der Waals surface area contributed by atoms with Gasteiger partial charge in [-0.25, -0.2) is 14.6 Å². The molecule has 38 heavy (non-hydrogen) atoms. The van der Waals surface area contributed by atoms with Crippen LogP contribution in [-0.4, -0.2) is 44.7 Å². The third-order valence-corrected chi connectivity index (χ3v) is 8.05. The highest BCUT2D eigenvalue weighted by Gasteiger charge is 2.45. The number of cyclic esters (lactones) is 1. The number of pyridine rings is 2. The van der Waals surface area contributed by atoms with Gasteiger partial charge < -0.3 is 24.0 Å². The van der Waals surface area contributed by atoms with Crippen molar-refractivity contribution in [2.45, 2.75) is 71.1 Å². The number of hydrogen-bond donors (Lipinski definition) is 1. The van der Waals surface area contributed by atoms with Gasteiger partial charge in [0.2, 0.25) is 0 Å². The number of likely N-dealkylation sites (tertiary alicyclic amines) is 1. The van der Waals surface area contributed by atoms with Crippen LogP contribution in [0.4, 0.5) is 4.79 Å². The fourth-order valence-corrected chi connectivity index (χ4v) is 5.89. The van der Waals surface area contributed by atoms with Crippen LogP contribution in [0.15, 0.2) is 29.1 Å². The number of ether oxygens (including phenoxy) is 2. The molecule has 1 fully saturated rings. The lowest BCUT2D eigenvalue weighted by Gasteiger charge is -2.31. The summed E-state index contributed by atoms with van der Waals surface area (Å²) in [5, 5.41) is 11.9. The summed E-state index contributed by atoms with van der Waals surface area (Å²) < 4.78 is 12.7. The number of aromatic nitrogens is 2. The lowest BCUT2D eigenvalue weighted by Crippen LogP contribution is -2.44. The standard InChI is InChI=1S/C29H31N3O6/c1-3-8-17-9-10-23(38-28(35)31-11-6-5-7-12-31)19-13-18-15-32-22(25(18)30-24(17)19)14-21-20(26(32)33)16-37-27(34)29(21,36)4-2/h9-10,13-14,36H,3-8,11-12,15-16H2,1-2H3. The number of hydrogen-bond acceptors (Lipinski definition) is 7. The molecule has 1 N–H and O–H groups in total. The van der Waals surface area contributed by atoms with Gasteiger partial charge in [0.05, 0.1) is 29.0 Å². The van der Waals surface area contributed by atoms with Crippen LogP contribution in [-0.2, 0) is 34.7 Å². The van der Waals surface area contributed by atoms with Crippen LogP contribution >= 0.6 is 0 Å². The number of fused-ring (bicyclic) bond motifs is 5. The lowest BCUT2D eigenvalue weighted by atomic mass is 9.86. The van der Waals surface area contributed by atoms with E-state index in [1.54, 1.807) is 22.5 Å². The molecule has 3 aliphatic heterocycles. The van der Waals surface area contributed by atoms with E-state index in [2.05, 4.69) is 6.92 Å². The summed E-state index contributed by atoms with van der Waals surface area (Å²) in [7, 11) is 0. The van der Waals surface area contributed by atoms with Crippen LogP contribution in [0.2, 0.25) is 0 Å². The molecule has 1 unspecified atom stereocenters. The number of nitrogens with zero attached hydrogens (tertiary/aromatic N) is 3. The van der Waals surface area contributed by atoms with Gasteiger partial charge in [-0.3, -0.25) is 4.79 Å². The zero-order valence-corrected chi connectivity index (χ0v) is 21.7. The number of benzene rings is 1. The lowest BCUT2D eigenvalue weighted by molar-refractivity contribution is -0.172. The van der Waals surface area contributed by atoms with Crippen LogP contribution in [0.1, 0.15) is 68.2 Å². The van der Waals surface area contributed by atoms with Crippen molar-refractivity contribution in [3.8, 4) is 17.1 Å². The monoisotopic (exact) mass is 517 g/mol. The first-order chi connectivity index (χ1) is 18.4. The van der Waals surface area contributed by atoms with Gasteiger partial charge >= 0.3 is 12.1 Å². The number of aryl methyl sites for hydroxylation is 1. The maximum atomic E-state index is 13.5. The molecule has 1 aromatic carbocycles. The van der Waals surface area contributed by atoms with Gasteiger partial charge in [0.25, 0.3) is 5.56 Å². The number of amides is 1. The molecule has 1 amide bonds. The van der Waals surface area contributed by atoms with E-state index < -0.39 is 11.6 Å². The number of piperidine rings is 1. The molecule has 0 saturated carbocycles. The van der Waals surface area contributed by atoms with Crippen LogP contribution in [0.5, 0.6) is 5.75 Å². The van der Waals surface area contributed by atoms with Gasteiger partial charge in [0.1, 0.15) is 12.4 Å². The summed E-state index contributed by atoms with van der Waals surface area (Å²) in [4.78, 5) is 45.6. The largest absolute Gasteiger partial charge is 0.458 e. The zero-order chi connectivity index (χ0) is 26.6. The van der Waals surface area contributed by atoms with Gasteiger partial charge in [-0.05, 0) is 55.9 Å². The first kappa shape index (κ1) is 24.6. The Morgan fingerprint density at radius 2 is 1.95 bits per heavy atom. The fraction of sp³-hybridized carbons (Fsp3) is 0.448. The van der Waals surface area contributed by atoms with Gasteiger partial charge in [-0.1, -0.05) is 26.3 Å². The minimum atomic E-state index is -1.87. The summed E-state index contributed by atoms with van der Waals surface area (Å²) in [6, 6.07) is 7.45. The molecular weight excluding hydrogens is 486 g/mol. The van der Waals surface area contributed by atoms with Crippen LogP contribution in [0.3, 0.4) is 0 Å². The summed E-state index contributed by atoms with van der Waals surface area (Å²) >= 11 is 0. The second kappa shape index (κ2) is 9.23. The molecule has 0 radical (unpaired) electrons. The molecule has 3 aliphatic rings. The van der Waals surface area contributed by atoms with Crippen molar-refractivity contribution in [3.05, 3.63) is 56.9 Å². The number of carbonyl (C=O) groups is 2. The summed E-state index contributed by atoms with van der Waals surface area (Å²) in [6.07, 6.45) is 4.50. The van der Waals surface area contributed by atoms with E-state index in [-0.39, 0.29) is 36.8 Å². The minimum absolute atomic E-state index is 0.0894. The van der Waals surface area contributed by atoms with Gasteiger partial charge in [-0.15, -0.1) is 0 Å². The average molecular weight is 518 g/mol. The normalized spacial score (nSPS) is 20.1. The van der Waals surface area contributed by atoms with Crippen molar-refractivity contribution in [1.82, 2.24) is 14.5 Å². The van der Waals surface area contributed by atoms with Crippen LogP contribution in [0, 0.1) is 0 Å². The van der Waals surface area contributed by atoms with E-state index in [1.807, 2.05) is 18.2 Å². The smallest absolute Gasteiger partial charge is 0.415 e. The first-order valence-electron chi connectivity index (χ1n) is 13.4. The van der Waals surface area contributed by atoms with Crippen LogP contribution < -0.4 is 10.3 Å². The predicted molar refractivity (Wildman–Crippen MR) is 140 cm³/mol. The molecule has 0 spiro atoms. The molecule has 9 heteroatoms. The predicted octanol–water partition coefficient (Wildman–Crippen LogP) is 4.02. The van der Waals surface area contributed by atoms with Crippen molar-refractivity contribution in [1.29, 1.82) is 0 Å². The van der Waals surface area contributed by atoms with Crippen LogP contribution in [0.25, 0.3) is 22.3 Å². The average Bonchev–Trinajstić information content (AvgIpc) is 3.30. The molecular formula is C29H31N3O6. The Morgan fingerprint density at radius 3 is 2.68 bits per heavy atom. The van der Waals surface area contributed by atoms with Crippen molar-refractivity contribution in [3.63, 3.8) is 0 Å². The van der Waals surface area contributed by atoms with Crippen molar-refractivity contribution in [2.24, 2.45) is 0 Å². The maximum Gasteiger partial charge on any atom is 0.415 e. The second-order valence-corrected chi connectivity index (χ2v) is 10.4. The molecule has 6 rings (SSSR count). The quantitative estimate of drug-likeness (QED) is 0.407. The number of carbonyl (C=O) groups excluding carboxylic acids is 2. The Labute approximate surface area is 220 Å². The summed E-state index contributed by atoms with van der Waals surface area (Å²) in [5.41, 5.74) is 2.16. The molecule has 9 nitrogen and oxygen atoms in total. The Morgan fingerprint density at radius 1 is 1.16 bits per heavy atom. The Balaban J connectivity index is 1.49. The highest BCUT2D eigenvalue weighted by Crippen LogP contribution is 2.40. The van der Waals surface area contributed by atoms with Gasteiger partial charge in [-0.2, -0.15) is 0 Å². The summed E-state index contributed by atoms with van der Waals surface area (Å²) in [5.74, 6) is -0.292. The van der Waals surface area contributed by atoms with E-state index in [9.17, 15) is 19.5 Å². The zero-order valence-electron chi connectivity index (χ0n) is 21.7. The van der Waals surface area contributed by atoms with Gasteiger partial charge in [0.15, 0.2) is 5.60 Å². The highest BCUT2D eigenvalue weighted by molar-refractivity contribution is 5.93. The maximum absolute atomic E-state index is 13.5. The fourth-order valence-electron chi connectivity index (χ4n) is 5.89. The summed E-state index contributed by atoms with van der Waals surface area (Å²) in [6.45, 7) is 5.28. The Hall–Kier alpha value is -3.72. The third kappa shape index (κ3) is 3.71.